The van der Waals surface area contributed by atoms with Crippen LogP contribution in [0.5, 0.6) is 11.5 Å². The van der Waals surface area contributed by atoms with E-state index in [1.807, 2.05) is 48.5 Å². The molecule has 118 valence electrons. The summed E-state index contributed by atoms with van der Waals surface area (Å²) in [4.78, 5) is 0. The van der Waals surface area contributed by atoms with Gasteiger partial charge in [0.25, 0.3) is 0 Å². The van der Waals surface area contributed by atoms with Crippen molar-refractivity contribution in [2.24, 2.45) is 0 Å². The summed E-state index contributed by atoms with van der Waals surface area (Å²) < 4.78 is 16.8. The Morgan fingerprint density at radius 3 is 2.41 bits per heavy atom. The lowest BCUT2D eigenvalue weighted by Crippen LogP contribution is -2.04. The highest BCUT2D eigenvalue weighted by molar-refractivity contribution is 9.08. The Morgan fingerprint density at radius 1 is 0.864 bits per heavy atom. The molecular formula is C18H21BrO3. The molecule has 0 unspecified atom stereocenters. The molecule has 0 aliphatic rings. The lowest BCUT2D eigenvalue weighted by atomic mass is 10.2. The fourth-order valence-electron chi connectivity index (χ4n) is 1.99. The first-order valence-electron chi connectivity index (χ1n) is 7.31. The molecule has 0 atom stereocenters. The van der Waals surface area contributed by atoms with Crippen LogP contribution >= 0.6 is 15.9 Å². The number of alkyl halides is 1. The number of ether oxygens (including phenoxy) is 3. The largest absolute Gasteiger partial charge is 0.490 e. The summed E-state index contributed by atoms with van der Waals surface area (Å²) in [6, 6.07) is 16.1. The van der Waals surface area contributed by atoms with E-state index in [9.17, 15) is 0 Å². The smallest absolute Gasteiger partial charge is 0.161 e. The molecule has 3 nitrogen and oxygen atoms in total. The Labute approximate surface area is 140 Å². The predicted octanol–water partition coefficient (Wildman–Crippen LogP) is 4.58. The van der Waals surface area contributed by atoms with Gasteiger partial charge in [0, 0.05) is 25.5 Å². The van der Waals surface area contributed by atoms with Gasteiger partial charge < -0.3 is 14.2 Å². The Morgan fingerprint density at radius 2 is 1.68 bits per heavy atom. The van der Waals surface area contributed by atoms with Crippen molar-refractivity contribution in [1.82, 2.24) is 0 Å². The number of methoxy groups -OCH3 is 1. The van der Waals surface area contributed by atoms with Gasteiger partial charge in [-0.15, -0.1) is 0 Å². The van der Waals surface area contributed by atoms with Gasteiger partial charge in [0.15, 0.2) is 11.5 Å². The fraction of sp³-hybridized carbons (Fsp3) is 0.333. The van der Waals surface area contributed by atoms with Crippen LogP contribution in [0, 0.1) is 0 Å². The topological polar surface area (TPSA) is 27.7 Å². The van der Waals surface area contributed by atoms with Crippen LogP contribution < -0.4 is 9.47 Å². The standard InChI is InChI=1S/C18H21BrO3/c1-20-10-5-11-21-18-12-16(13-19)8-9-17(18)22-14-15-6-3-2-4-7-15/h2-4,6-9,12H,5,10-11,13-14H2,1H3. The second-order valence-electron chi connectivity index (χ2n) is 4.88. The van der Waals surface area contributed by atoms with E-state index in [1.165, 1.54) is 0 Å². The molecule has 2 aromatic carbocycles. The highest BCUT2D eigenvalue weighted by Crippen LogP contribution is 2.30. The summed E-state index contributed by atoms with van der Waals surface area (Å²) in [6.45, 7) is 1.84. The van der Waals surface area contributed by atoms with Crippen LogP contribution in [0.2, 0.25) is 0 Å². The molecule has 0 heterocycles. The second-order valence-corrected chi connectivity index (χ2v) is 5.44. The zero-order chi connectivity index (χ0) is 15.6. The van der Waals surface area contributed by atoms with Crippen molar-refractivity contribution in [3.8, 4) is 11.5 Å². The van der Waals surface area contributed by atoms with Gasteiger partial charge in [0.05, 0.1) is 6.61 Å². The summed E-state index contributed by atoms with van der Waals surface area (Å²) in [7, 11) is 1.69. The first kappa shape index (κ1) is 16.8. The average Bonchev–Trinajstić information content (AvgIpc) is 2.58. The molecule has 0 N–H and O–H groups in total. The quantitative estimate of drug-likeness (QED) is 0.481. The van der Waals surface area contributed by atoms with Crippen molar-refractivity contribution in [2.45, 2.75) is 18.4 Å². The van der Waals surface area contributed by atoms with E-state index in [4.69, 9.17) is 14.2 Å². The Hall–Kier alpha value is -1.52. The van der Waals surface area contributed by atoms with Crippen molar-refractivity contribution in [2.75, 3.05) is 20.3 Å². The summed E-state index contributed by atoms with van der Waals surface area (Å²) in [5.74, 6) is 1.55. The van der Waals surface area contributed by atoms with E-state index in [-0.39, 0.29) is 0 Å². The second kappa shape index (κ2) is 9.49. The molecule has 0 spiro atoms. The van der Waals surface area contributed by atoms with Crippen LogP contribution in [0.15, 0.2) is 48.5 Å². The highest BCUT2D eigenvalue weighted by atomic mass is 79.9. The maximum absolute atomic E-state index is 5.91. The summed E-state index contributed by atoms with van der Waals surface area (Å²) in [6.07, 6.45) is 0.854. The number of halogens is 1. The average molecular weight is 365 g/mol. The minimum atomic E-state index is 0.531. The van der Waals surface area contributed by atoms with Gasteiger partial charge in [0.2, 0.25) is 0 Å². The minimum Gasteiger partial charge on any atom is -0.490 e. The zero-order valence-electron chi connectivity index (χ0n) is 12.8. The maximum atomic E-state index is 5.91. The van der Waals surface area contributed by atoms with E-state index < -0.39 is 0 Å². The Kier molecular flexibility index (Phi) is 7.26. The van der Waals surface area contributed by atoms with Gasteiger partial charge in [-0.25, -0.2) is 0 Å². The monoisotopic (exact) mass is 364 g/mol. The molecule has 0 bridgehead atoms. The number of hydrogen-bond donors (Lipinski definition) is 0. The van der Waals surface area contributed by atoms with Crippen LogP contribution in [0.4, 0.5) is 0 Å². The van der Waals surface area contributed by atoms with E-state index in [1.54, 1.807) is 7.11 Å². The lowest BCUT2D eigenvalue weighted by molar-refractivity contribution is 0.169. The van der Waals surface area contributed by atoms with Crippen molar-refractivity contribution in [1.29, 1.82) is 0 Å². The molecule has 0 amide bonds. The third-order valence-corrected chi connectivity index (χ3v) is 3.80. The summed E-state index contributed by atoms with van der Waals surface area (Å²) in [5.41, 5.74) is 2.30. The van der Waals surface area contributed by atoms with Gasteiger partial charge in [-0.2, -0.15) is 0 Å². The fourth-order valence-corrected chi connectivity index (χ4v) is 2.34. The Bertz CT molecular complexity index is 558. The van der Waals surface area contributed by atoms with Gasteiger partial charge in [-0.3, -0.25) is 0 Å². The predicted molar refractivity (Wildman–Crippen MR) is 91.8 cm³/mol. The molecule has 0 aliphatic heterocycles. The molecule has 0 radical (unpaired) electrons. The molecular weight excluding hydrogens is 344 g/mol. The number of benzene rings is 2. The number of rotatable bonds is 9. The van der Waals surface area contributed by atoms with Crippen molar-refractivity contribution in [3.05, 3.63) is 59.7 Å². The lowest BCUT2D eigenvalue weighted by Gasteiger charge is -2.14. The van der Waals surface area contributed by atoms with E-state index >= 15 is 0 Å². The van der Waals surface area contributed by atoms with Crippen molar-refractivity contribution >= 4 is 15.9 Å². The van der Waals surface area contributed by atoms with Crippen LogP contribution in [-0.4, -0.2) is 20.3 Å². The molecule has 0 saturated carbocycles. The molecule has 0 aromatic heterocycles. The normalized spacial score (nSPS) is 10.5. The first-order chi connectivity index (χ1) is 10.8. The van der Waals surface area contributed by atoms with Gasteiger partial charge in [0.1, 0.15) is 6.61 Å². The molecule has 0 aliphatic carbocycles. The minimum absolute atomic E-state index is 0.531. The third kappa shape index (κ3) is 5.35. The third-order valence-electron chi connectivity index (χ3n) is 3.15. The van der Waals surface area contributed by atoms with E-state index in [0.29, 0.717) is 19.8 Å². The van der Waals surface area contributed by atoms with Crippen LogP contribution in [0.25, 0.3) is 0 Å². The Balaban J connectivity index is 2.01. The molecule has 2 aromatic rings. The summed E-state index contributed by atoms with van der Waals surface area (Å²) >= 11 is 3.47. The van der Waals surface area contributed by atoms with Crippen LogP contribution in [0.1, 0.15) is 17.5 Å². The van der Waals surface area contributed by atoms with Gasteiger partial charge >= 0.3 is 0 Å². The van der Waals surface area contributed by atoms with Gasteiger partial charge in [-0.05, 0) is 23.3 Å². The van der Waals surface area contributed by atoms with Crippen molar-refractivity contribution in [3.63, 3.8) is 0 Å². The molecule has 0 saturated heterocycles. The molecule has 4 heteroatoms. The molecule has 0 fully saturated rings. The zero-order valence-corrected chi connectivity index (χ0v) is 14.3. The van der Waals surface area contributed by atoms with Crippen molar-refractivity contribution < 1.29 is 14.2 Å². The van der Waals surface area contributed by atoms with Crippen LogP contribution in [0.3, 0.4) is 0 Å². The highest BCUT2D eigenvalue weighted by Gasteiger charge is 2.07. The van der Waals surface area contributed by atoms with Crippen LogP contribution in [-0.2, 0) is 16.7 Å². The van der Waals surface area contributed by atoms with Gasteiger partial charge in [-0.1, -0.05) is 52.3 Å². The van der Waals surface area contributed by atoms with E-state index in [2.05, 4.69) is 15.9 Å². The maximum Gasteiger partial charge on any atom is 0.161 e. The first-order valence-corrected chi connectivity index (χ1v) is 8.43. The summed E-state index contributed by atoms with van der Waals surface area (Å²) in [5, 5.41) is 0.792. The molecule has 22 heavy (non-hydrogen) atoms. The molecule has 2 rings (SSSR count). The number of hydrogen-bond acceptors (Lipinski definition) is 3. The SMILES string of the molecule is COCCCOc1cc(CBr)ccc1OCc1ccccc1. The van der Waals surface area contributed by atoms with E-state index in [0.717, 1.165) is 34.4 Å².